The van der Waals surface area contributed by atoms with E-state index in [0.717, 1.165) is 22.2 Å². The number of pyridine rings is 1. The van der Waals surface area contributed by atoms with Gasteiger partial charge in [0.15, 0.2) is 0 Å². The minimum atomic E-state index is -0.0197. The molecular weight excluding hydrogens is 452 g/mol. The predicted molar refractivity (Wildman–Crippen MR) is 139 cm³/mol. The third kappa shape index (κ3) is 4.88. The zero-order chi connectivity index (χ0) is 25.1. The first kappa shape index (κ1) is 23.4. The third-order valence-electron chi connectivity index (χ3n) is 6.89. The Morgan fingerprint density at radius 1 is 0.889 bits per heavy atom. The van der Waals surface area contributed by atoms with Crippen LogP contribution in [0.1, 0.15) is 22.8 Å². The molecule has 2 aliphatic heterocycles. The molecule has 2 saturated heterocycles. The van der Waals surface area contributed by atoms with Crippen LogP contribution in [0.2, 0.25) is 0 Å². The number of nitrogens with zero attached hydrogens (tertiary/aromatic N) is 5. The van der Waals surface area contributed by atoms with Gasteiger partial charge in [0.2, 0.25) is 5.91 Å². The van der Waals surface area contributed by atoms with E-state index in [2.05, 4.69) is 27.0 Å². The zero-order valence-electron chi connectivity index (χ0n) is 20.2. The average molecular weight is 481 g/mol. The largest absolute Gasteiger partial charge is 0.338 e. The zero-order valence-corrected chi connectivity index (χ0v) is 20.2. The summed E-state index contributed by atoms with van der Waals surface area (Å²) < 4.78 is 0. The minimum Gasteiger partial charge on any atom is -0.338 e. The van der Waals surface area contributed by atoms with Crippen molar-refractivity contribution >= 4 is 28.4 Å². The van der Waals surface area contributed by atoms with Gasteiger partial charge in [0.05, 0.1) is 0 Å². The summed E-state index contributed by atoms with van der Waals surface area (Å²) in [4.78, 5) is 33.6. The molecule has 2 amide bonds. The summed E-state index contributed by atoms with van der Waals surface area (Å²) in [5.41, 5.74) is 4.92. The van der Waals surface area contributed by atoms with Crippen LogP contribution in [0.3, 0.4) is 0 Å². The Labute approximate surface area is 209 Å². The SMILES string of the molecule is C=C(/C=C\C(=C/C)c1ccncc1)/C=C/C(=O)N1C[C@@H]2CN(C(=O)c3ccc4n[nH]nc4c3)C[C@H]2C1. The van der Waals surface area contributed by atoms with Gasteiger partial charge in [-0.05, 0) is 54.0 Å². The predicted octanol–water partition coefficient (Wildman–Crippen LogP) is 3.66. The maximum absolute atomic E-state index is 13.0. The number of benzene rings is 1. The highest BCUT2D eigenvalue weighted by Gasteiger charge is 2.42. The number of hydrogen-bond acceptors (Lipinski definition) is 5. The molecule has 5 rings (SSSR count). The van der Waals surface area contributed by atoms with E-state index in [0.29, 0.717) is 49.1 Å². The Morgan fingerprint density at radius 2 is 1.56 bits per heavy atom. The van der Waals surface area contributed by atoms with Crippen LogP contribution in [0, 0.1) is 11.8 Å². The fourth-order valence-corrected chi connectivity index (χ4v) is 4.93. The van der Waals surface area contributed by atoms with Gasteiger partial charge in [-0.15, -0.1) is 0 Å². The second kappa shape index (κ2) is 10.1. The Bertz CT molecular complexity index is 1370. The first-order chi connectivity index (χ1) is 17.5. The monoisotopic (exact) mass is 480 g/mol. The summed E-state index contributed by atoms with van der Waals surface area (Å²) in [5.74, 6) is 0.571. The van der Waals surface area contributed by atoms with Crippen molar-refractivity contribution in [3.63, 3.8) is 0 Å². The van der Waals surface area contributed by atoms with E-state index < -0.39 is 0 Å². The van der Waals surface area contributed by atoms with Gasteiger partial charge in [0.25, 0.3) is 5.91 Å². The fraction of sp³-hybridized carbons (Fsp3) is 0.250. The van der Waals surface area contributed by atoms with Gasteiger partial charge in [-0.3, -0.25) is 14.6 Å². The van der Waals surface area contributed by atoms with Gasteiger partial charge in [-0.2, -0.15) is 15.4 Å². The van der Waals surface area contributed by atoms with Crippen molar-refractivity contribution in [2.45, 2.75) is 6.92 Å². The van der Waals surface area contributed by atoms with Crippen LogP contribution in [0.15, 0.2) is 85.3 Å². The number of hydrogen-bond donors (Lipinski definition) is 1. The van der Waals surface area contributed by atoms with E-state index in [4.69, 9.17) is 0 Å². The molecule has 2 fully saturated rings. The van der Waals surface area contributed by atoms with Crippen molar-refractivity contribution in [1.29, 1.82) is 0 Å². The third-order valence-corrected chi connectivity index (χ3v) is 6.89. The second-order valence-corrected chi connectivity index (χ2v) is 9.22. The summed E-state index contributed by atoms with van der Waals surface area (Å²) in [7, 11) is 0. The van der Waals surface area contributed by atoms with Crippen molar-refractivity contribution in [2.24, 2.45) is 11.8 Å². The Kier molecular flexibility index (Phi) is 6.58. The van der Waals surface area contributed by atoms with Crippen LogP contribution < -0.4 is 0 Å². The van der Waals surface area contributed by atoms with E-state index in [1.54, 1.807) is 42.7 Å². The number of H-pyrrole nitrogens is 1. The van der Waals surface area contributed by atoms with E-state index in [1.807, 2.05) is 47.1 Å². The molecule has 2 aliphatic rings. The molecule has 4 heterocycles. The molecule has 0 aliphatic carbocycles. The first-order valence-electron chi connectivity index (χ1n) is 12.0. The molecule has 8 nitrogen and oxygen atoms in total. The molecule has 36 heavy (non-hydrogen) atoms. The van der Waals surface area contributed by atoms with Crippen LogP contribution in [-0.4, -0.2) is 68.2 Å². The topological polar surface area (TPSA) is 95.1 Å². The number of carbonyl (C=O) groups is 2. The van der Waals surface area contributed by atoms with Crippen LogP contribution in [0.5, 0.6) is 0 Å². The number of carbonyl (C=O) groups excluding carboxylic acids is 2. The lowest BCUT2D eigenvalue weighted by molar-refractivity contribution is -0.125. The van der Waals surface area contributed by atoms with Gasteiger partial charge >= 0.3 is 0 Å². The fourth-order valence-electron chi connectivity index (χ4n) is 4.93. The summed E-state index contributed by atoms with van der Waals surface area (Å²) in [6.07, 6.45) is 12.8. The number of aromatic amines is 1. The Hall–Kier alpha value is -4.33. The van der Waals surface area contributed by atoms with Gasteiger partial charge in [0, 0.05) is 62.0 Å². The normalized spacial score (nSPS) is 20.1. The summed E-state index contributed by atoms with van der Waals surface area (Å²) >= 11 is 0. The molecule has 1 aromatic carbocycles. The highest BCUT2D eigenvalue weighted by molar-refractivity contribution is 5.97. The van der Waals surface area contributed by atoms with E-state index in [1.165, 1.54) is 0 Å². The molecule has 0 spiro atoms. The number of fused-ring (bicyclic) bond motifs is 2. The molecule has 0 unspecified atom stereocenters. The number of allylic oxidation sites excluding steroid dienone is 6. The van der Waals surface area contributed by atoms with Crippen molar-refractivity contribution in [1.82, 2.24) is 30.2 Å². The number of likely N-dealkylation sites (tertiary alicyclic amines) is 2. The highest BCUT2D eigenvalue weighted by atomic mass is 16.2. The maximum Gasteiger partial charge on any atom is 0.253 e. The number of aromatic nitrogens is 4. The van der Waals surface area contributed by atoms with Crippen molar-refractivity contribution in [2.75, 3.05) is 26.2 Å². The number of amides is 2. The van der Waals surface area contributed by atoms with Crippen LogP contribution in [0.4, 0.5) is 0 Å². The lowest BCUT2D eigenvalue weighted by atomic mass is 10.0. The number of nitrogens with one attached hydrogen (secondary N) is 1. The first-order valence-corrected chi connectivity index (χ1v) is 12.0. The van der Waals surface area contributed by atoms with E-state index in [9.17, 15) is 9.59 Å². The number of rotatable bonds is 6. The Morgan fingerprint density at radius 3 is 2.28 bits per heavy atom. The van der Waals surface area contributed by atoms with Gasteiger partial charge < -0.3 is 9.80 Å². The van der Waals surface area contributed by atoms with Crippen molar-refractivity contribution in [3.8, 4) is 0 Å². The lowest BCUT2D eigenvalue weighted by Gasteiger charge is -2.21. The van der Waals surface area contributed by atoms with Crippen LogP contribution in [0.25, 0.3) is 16.6 Å². The summed E-state index contributed by atoms with van der Waals surface area (Å²) in [6.45, 7) is 8.66. The Balaban J connectivity index is 1.13. The molecule has 2 atom stereocenters. The standard InChI is InChI=1S/C28H28N6O2/c1-3-20(21-10-12-29-13-11-21)6-4-19(2)5-9-27(35)33-15-23-17-34(18-24(23)16-33)28(36)22-7-8-25-26(14-22)31-32-30-25/h3-14,23-24H,2,15-18H2,1H3,(H,30,31,32)/b6-4-,9-5+,20-3+/t23-,24-/m1/s1. The quantitative estimate of drug-likeness (QED) is 0.429. The molecule has 0 saturated carbocycles. The minimum absolute atomic E-state index is 0.00224. The van der Waals surface area contributed by atoms with E-state index >= 15 is 0 Å². The molecule has 182 valence electrons. The molecular formula is C28H28N6O2. The second-order valence-electron chi connectivity index (χ2n) is 9.22. The summed E-state index contributed by atoms with van der Waals surface area (Å²) in [6, 6.07) is 9.27. The van der Waals surface area contributed by atoms with Crippen LogP contribution >= 0.6 is 0 Å². The van der Waals surface area contributed by atoms with Gasteiger partial charge in [-0.1, -0.05) is 30.9 Å². The molecule has 0 bridgehead atoms. The molecule has 0 radical (unpaired) electrons. The van der Waals surface area contributed by atoms with Crippen molar-refractivity contribution < 1.29 is 9.59 Å². The van der Waals surface area contributed by atoms with Gasteiger partial charge in [0.1, 0.15) is 11.0 Å². The molecule has 8 heteroatoms. The maximum atomic E-state index is 13.0. The molecule has 1 N–H and O–H groups in total. The van der Waals surface area contributed by atoms with E-state index in [-0.39, 0.29) is 11.8 Å². The molecule has 2 aromatic heterocycles. The lowest BCUT2D eigenvalue weighted by Crippen LogP contribution is -2.35. The summed E-state index contributed by atoms with van der Waals surface area (Å²) in [5, 5.41) is 10.7. The highest BCUT2D eigenvalue weighted by Crippen LogP contribution is 2.32. The van der Waals surface area contributed by atoms with Crippen LogP contribution in [-0.2, 0) is 4.79 Å². The smallest absolute Gasteiger partial charge is 0.253 e. The van der Waals surface area contributed by atoms with Gasteiger partial charge in [-0.25, -0.2) is 0 Å². The van der Waals surface area contributed by atoms with Crippen molar-refractivity contribution in [3.05, 3.63) is 96.4 Å². The molecule has 3 aromatic rings. The average Bonchev–Trinajstić information content (AvgIpc) is 3.62.